The number of anilines is 1. The molecule has 2 aromatic carbocycles. The standard InChI is InChI=1S/C24H25N3O2/c28-20-12-15-27(16-13-20)17-19-5-1-3-7-22(19)26-24(29)10-9-18-11-14-25-23-8-4-2-6-21(18)23/h1-11,14,20,28H,12-13,15-17H2,(H,26,29)/b10-9+. The van der Waals surface area contributed by atoms with E-state index >= 15 is 0 Å². The number of benzene rings is 2. The first-order valence-electron chi connectivity index (χ1n) is 10.0. The van der Waals surface area contributed by atoms with E-state index in [0.29, 0.717) is 0 Å². The maximum absolute atomic E-state index is 12.5. The smallest absolute Gasteiger partial charge is 0.248 e. The van der Waals surface area contributed by atoms with Gasteiger partial charge in [-0.3, -0.25) is 14.7 Å². The summed E-state index contributed by atoms with van der Waals surface area (Å²) >= 11 is 0. The zero-order chi connectivity index (χ0) is 20.1. The largest absolute Gasteiger partial charge is 0.393 e. The number of fused-ring (bicyclic) bond motifs is 1. The molecule has 0 bridgehead atoms. The van der Waals surface area contributed by atoms with Crippen LogP contribution in [0, 0.1) is 0 Å². The molecule has 3 aromatic rings. The number of hydrogen-bond acceptors (Lipinski definition) is 4. The maximum Gasteiger partial charge on any atom is 0.248 e. The minimum Gasteiger partial charge on any atom is -0.393 e. The lowest BCUT2D eigenvalue weighted by atomic mass is 10.1. The van der Waals surface area contributed by atoms with Gasteiger partial charge in [0.2, 0.25) is 5.91 Å². The number of piperidine rings is 1. The van der Waals surface area contributed by atoms with Crippen LogP contribution in [0.15, 0.2) is 66.9 Å². The number of pyridine rings is 1. The van der Waals surface area contributed by atoms with Gasteiger partial charge in [0.15, 0.2) is 0 Å². The molecule has 0 spiro atoms. The number of rotatable bonds is 5. The van der Waals surface area contributed by atoms with Gasteiger partial charge in [-0.15, -0.1) is 0 Å². The third-order valence-corrected chi connectivity index (χ3v) is 5.32. The van der Waals surface area contributed by atoms with Crippen molar-refractivity contribution in [3.05, 3.63) is 78.0 Å². The van der Waals surface area contributed by atoms with Gasteiger partial charge >= 0.3 is 0 Å². The molecule has 1 fully saturated rings. The highest BCUT2D eigenvalue weighted by Gasteiger charge is 2.18. The van der Waals surface area contributed by atoms with Crippen LogP contribution in [0.3, 0.4) is 0 Å². The highest BCUT2D eigenvalue weighted by atomic mass is 16.3. The molecule has 0 unspecified atom stereocenters. The highest BCUT2D eigenvalue weighted by molar-refractivity contribution is 6.03. The second-order valence-corrected chi connectivity index (χ2v) is 7.40. The molecular formula is C24H25N3O2. The van der Waals surface area contributed by atoms with Crippen molar-refractivity contribution in [2.75, 3.05) is 18.4 Å². The summed E-state index contributed by atoms with van der Waals surface area (Å²) in [7, 11) is 0. The Kier molecular flexibility index (Phi) is 5.98. The Balaban J connectivity index is 1.45. The quantitative estimate of drug-likeness (QED) is 0.653. The molecule has 2 N–H and O–H groups in total. The topological polar surface area (TPSA) is 65.5 Å². The molecule has 0 saturated carbocycles. The van der Waals surface area contributed by atoms with Gasteiger partial charge < -0.3 is 10.4 Å². The normalized spacial score (nSPS) is 15.8. The molecule has 5 nitrogen and oxygen atoms in total. The van der Waals surface area contributed by atoms with Crippen molar-refractivity contribution in [1.82, 2.24) is 9.88 Å². The van der Waals surface area contributed by atoms with E-state index < -0.39 is 0 Å². The second kappa shape index (κ2) is 8.99. The van der Waals surface area contributed by atoms with Gasteiger partial charge in [0, 0.05) is 43.0 Å². The van der Waals surface area contributed by atoms with Crippen molar-refractivity contribution >= 4 is 28.6 Å². The third kappa shape index (κ3) is 4.88. The number of nitrogens with zero attached hydrogens (tertiary/aromatic N) is 2. The average Bonchev–Trinajstić information content (AvgIpc) is 2.75. The number of amides is 1. The average molecular weight is 387 g/mol. The number of aliphatic hydroxyl groups is 1. The second-order valence-electron chi connectivity index (χ2n) is 7.40. The lowest BCUT2D eigenvalue weighted by Crippen LogP contribution is -2.35. The Bertz CT molecular complexity index is 1020. The Morgan fingerprint density at radius 2 is 1.86 bits per heavy atom. The molecule has 0 radical (unpaired) electrons. The van der Waals surface area contributed by atoms with Crippen LogP contribution in [0.25, 0.3) is 17.0 Å². The van der Waals surface area contributed by atoms with Crippen LogP contribution in [0.4, 0.5) is 5.69 Å². The van der Waals surface area contributed by atoms with Crippen molar-refractivity contribution in [2.45, 2.75) is 25.5 Å². The minimum atomic E-state index is -0.185. The van der Waals surface area contributed by atoms with E-state index in [4.69, 9.17) is 0 Å². The summed E-state index contributed by atoms with van der Waals surface area (Å²) in [6, 6.07) is 17.7. The van der Waals surface area contributed by atoms with E-state index in [1.165, 1.54) is 0 Å². The van der Waals surface area contributed by atoms with Crippen LogP contribution in [0.1, 0.15) is 24.0 Å². The molecule has 1 amide bonds. The molecule has 5 heteroatoms. The van der Waals surface area contributed by atoms with E-state index in [2.05, 4.69) is 15.2 Å². The van der Waals surface area contributed by atoms with Crippen molar-refractivity contribution in [3.63, 3.8) is 0 Å². The van der Waals surface area contributed by atoms with Crippen molar-refractivity contribution < 1.29 is 9.90 Å². The summed E-state index contributed by atoms with van der Waals surface area (Å²) in [5, 5.41) is 13.7. The molecule has 1 aliphatic heterocycles. The SMILES string of the molecule is O=C(/C=C/c1ccnc2ccccc12)Nc1ccccc1CN1CCC(O)CC1. The summed E-state index contributed by atoms with van der Waals surface area (Å²) in [5.74, 6) is -0.160. The van der Waals surface area contributed by atoms with Gasteiger partial charge in [0.05, 0.1) is 11.6 Å². The number of nitrogens with one attached hydrogen (secondary N) is 1. The van der Waals surface area contributed by atoms with Crippen LogP contribution in [-0.4, -0.2) is 40.1 Å². The molecule has 1 aromatic heterocycles. The monoisotopic (exact) mass is 387 g/mol. The molecule has 1 saturated heterocycles. The van der Waals surface area contributed by atoms with Gasteiger partial charge in [-0.1, -0.05) is 36.4 Å². The number of carbonyl (C=O) groups is 1. The lowest BCUT2D eigenvalue weighted by molar-refractivity contribution is -0.111. The van der Waals surface area contributed by atoms with Crippen LogP contribution in [-0.2, 0) is 11.3 Å². The van der Waals surface area contributed by atoms with Crippen LogP contribution < -0.4 is 5.32 Å². The first-order chi connectivity index (χ1) is 14.2. The Morgan fingerprint density at radius 3 is 2.72 bits per heavy atom. The van der Waals surface area contributed by atoms with Crippen LogP contribution >= 0.6 is 0 Å². The Morgan fingerprint density at radius 1 is 1.10 bits per heavy atom. The van der Waals surface area contributed by atoms with Gasteiger partial charge in [-0.05, 0) is 48.2 Å². The van der Waals surface area contributed by atoms with Crippen molar-refractivity contribution in [2.24, 2.45) is 0 Å². The van der Waals surface area contributed by atoms with Crippen LogP contribution in [0.5, 0.6) is 0 Å². The summed E-state index contributed by atoms with van der Waals surface area (Å²) < 4.78 is 0. The number of aromatic nitrogens is 1. The predicted octanol–water partition coefficient (Wildman–Crippen LogP) is 3.84. The van der Waals surface area contributed by atoms with Crippen LogP contribution in [0.2, 0.25) is 0 Å². The van der Waals surface area contributed by atoms with Crippen molar-refractivity contribution in [1.29, 1.82) is 0 Å². The summed E-state index contributed by atoms with van der Waals surface area (Å²) in [4.78, 5) is 19.2. The molecule has 2 heterocycles. The van der Waals surface area contributed by atoms with Gasteiger partial charge in [0.1, 0.15) is 0 Å². The van der Waals surface area contributed by atoms with Gasteiger partial charge in [-0.2, -0.15) is 0 Å². The Labute approximate surface area is 170 Å². The molecule has 148 valence electrons. The number of aliphatic hydroxyl groups excluding tert-OH is 1. The summed E-state index contributed by atoms with van der Waals surface area (Å²) in [6.07, 6.45) is 6.57. The van der Waals surface area contributed by atoms with Gasteiger partial charge in [-0.25, -0.2) is 0 Å². The summed E-state index contributed by atoms with van der Waals surface area (Å²) in [5.41, 5.74) is 3.78. The van der Waals surface area contributed by atoms with Crippen molar-refractivity contribution in [3.8, 4) is 0 Å². The summed E-state index contributed by atoms with van der Waals surface area (Å²) in [6.45, 7) is 2.51. The van der Waals surface area contributed by atoms with Gasteiger partial charge in [0.25, 0.3) is 0 Å². The Hall–Kier alpha value is -3.02. The number of para-hydroxylation sites is 2. The maximum atomic E-state index is 12.5. The number of likely N-dealkylation sites (tertiary alicyclic amines) is 1. The fourth-order valence-electron chi connectivity index (χ4n) is 3.70. The number of hydrogen-bond donors (Lipinski definition) is 2. The zero-order valence-electron chi connectivity index (χ0n) is 16.3. The predicted molar refractivity (Wildman–Crippen MR) is 116 cm³/mol. The molecule has 29 heavy (non-hydrogen) atoms. The molecular weight excluding hydrogens is 362 g/mol. The fraction of sp³-hybridized carbons (Fsp3) is 0.250. The fourth-order valence-corrected chi connectivity index (χ4v) is 3.70. The zero-order valence-corrected chi connectivity index (χ0v) is 16.3. The molecule has 0 aliphatic carbocycles. The van der Waals surface area contributed by atoms with E-state index in [9.17, 15) is 9.90 Å². The molecule has 1 aliphatic rings. The molecule has 4 rings (SSSR count). The highest BCUT2D eigenvalue weighted by Crippen LogP contribution is 2.21. The van der Waals surface area contributed by atoms with E-state index in [1.54, 1.807) is 12.3 Å². The first-order valence-corrected chi connectivity index (χ1v) is 10.0. The molecule has 0 atom stereocenters. The van der Waals surface area contributed by atoms with E-state index in [0.717, 1.165) is 60.2 Å². The van der Waals surface area contributed by atoms with E-state index in [-0.39, 0.29) is 12.0 Å². The van der Waals surface area contributed by atoms with E-state index in [1.807, 2.05) is 60.7 Å². The lowest BCUT2D eigenvalue weighted by Gasteiger charge is -2.30. The minimum absolute atomic E-state index is 0.160. The third-order valence-electron chi connectivity index (χ3n) is 5.32. The first kappa shape index (κ1) is 19.3. The number of carbonyl (C=O) groups excluding carboxylic acids is 1.